The van der Waals surface area contributed by atoms with Gasteiger partial charge in [-0.15, -0.1) is 0 Å². The highest BCUT2D eigenvalue weighted by Crippen LogP contribution is 2.61. The number of aliphatic hydroxyl groups is 3. The van der Waals surface area contributed by atoms with Crippen LogP contribution in [0.15, 0.2) is 0 Å². The normalized spacial score (nSPS) is 55.7. The number of aliphatic carboxylic acids is 1. The topological polar surface area (TPSA) is 163 Å². The minimum Gasteiger partial charge on any atom is -0.479 e. The third-order valence-electron chi connectivity index (χ3n) is 8.64. The zero-order valence-corrected chi connectivity index (χ0v) is 20.3. The molecule has 0 radical (unpaired) electrons. The lowest BCUT2D eigenvalue weighted by atomic mass is 9.57. The Labute approximate surface area is 203 Å². The summed E-state index contributed by atoms with van der Waals surface area (Å²) in [5.41, 5.74) is -0.895. The molecule has 5 aliphatic heterocycles. The molecule has 5 heterocycles. The van der Waals surface area contributed by atoms with Crippen molar-refractivity contribution in [1.29, 1.82) is 0 Å². The molecule has 6 fully saturated rings. The van der Waals surface area contributed by atoms with Gasteiger partial charge < -0.3 is 44.1 Å². The van der Waals surface area contributed by atoms with E-state index in [1.165, 1.54) is 0 Å². The number of fused-ring (bicyclic) bond motifs is 2. The van der Waals surface area contributed by atoms with E-state index in [1.54, 1.807) is 0 Å². The van der Waals surface area contributed by atoms with Crippen LogP contribution in [0.5, 0.6) is 0 Å². The molecule has 1 spiro atoms. The molecular weight excluding hydrogens is 468 g/mol. The van der Waals surface area contributed by atoms with Crippen molar-refractivity contribution >= 4 is 5.97 Å². The van der Waals surface area contributed by atoms with Crippen molar-refractivity contribution in [3.63, 3.8) is 0 Å². The first-order valence-corrected chi connectivity index (χ1v) is 12.4. The van der Waals surface area contributed by atoms with Gasteiger partial charge in [0.2, 0.25) is 5.79 Å². The van der Waals surface area contributed by atoms with Crippen LogP contribution in [0.3, 0.4) is 0 Å². The highest BCUT2D eigenvalue weighted by Gasteiger charge is 2.71. The molecule has 1 aliphatic carbocycles. The van der Waals surface area contributed by atoms with Crippen LogP contribution in [0.1, 0.15) is 47.0 Å². The highest BCUT2D eigenvalue weighted by atomic mass is 17.3. The molecule has 5 saturated heterocycles. The maximum atomic E-state index is 11.5. The summed E-state index contributed by atoms with van der Waals surface area (Å²) in [5.74, 6) is -2.99. The smallest absolute Gasteiger partial charge is 0.335 e. The number of carboxylic acids is 1. The van der Waals surface area contributed by atoms with Gasteiger partial charge in [0.05, 0.1) is 6.10 Å². The first-order valence-electron chi connectivity index (χ1n) is 12.4. The van der Waals surface area contributed by atoms with Crippen molar-refractivity contribution in [2.24, 2.45) is 23.7 Å². The Kier molecular flexibility index (Phi) is 6.70. The summed E-state index contributed by atoms with van der Waals surface area (Å²) in [5, 5.41) is 40.2. The van der Waals surface area contributed by atoms with E-state index < -0.39 is 66.7 Å². The molecule has 0 unspecified atom stereocenters. The van der Waals surface area contributed by atoms with Crippen molar-refractivity contribution in [2.75, 3.05) is 6.61 Å². The Morgan fingerprint density at radius 3 is 2.43 bits per heavy atom. The van der Waals surface area contributed by atoms with Crippen LogP contribution in [0, 0.1) is 23.7 Å². The average molecular weight is 505 g/mol. The van der Waals surface area contributed by atoms with Crippen LogP contribution in [-0.4, -0.2) is 93.8 Å². The second-order valence-electron chi connectivity index (χ2n) is 10.7. The SMILES string of the molecule is CCO[C@H]1O[C@H]2O[C@@]3(C)CC[C@H]4[C@H](C)[C@H](O[C@@H]5O[C@H](C(=O)O)[C@@H](O)[C@H](O)[C@H]5O)C[C@@H]([C@H]1C)[C@]24OO3. The number of rotatable bonds is 5. The predicted molar refractivity (Wildman–Crippen MR) is 113 cm³/mol. The van der Waals surface area contributed by atoms with Gasteiger partial charge >= 0.3 is 5.97 Å². The number of hydrogen-bond acceptors (Lipinski definition) is 11. The average Bonchev–Trinajstić information content (AvgIpc) is 3.04. The molecular formula is C23H36O12. The molecule has 6 aliphatic rings. The van der Waals surface area contributed by atoms with Crippen molar-refractivity contribution in [3.8, 4) is 0 Å². The predicted octanol–water partition coefficient (Wildman–Crippen LogP) is 0.118. The molecule has 12 heteroatoms. The van der Waals surface area contributed by atoms with Crippen molar-refractivity contribution < 1.29 is 58.7 Å². The second-order valence-corrected chi connectivity index (χ2v) is 10.7. The van der Waals surface area contributed by atoms with Crippen molar-refractivity contribution in [3.05, 3.63) is 0 Å². The number of ether oxygens (including phenoxy) is 5. The van der Waals surface area contributed by atoms with Gasteiger partial charge in [0.1, 0.15) is 18.3 Å². The van der Waals surface area contributed by atoms with E-state index in [-0.39, 0.29) is 23.7 Å². The van der Waals surface area contributed by atoms with E-state index in [0.717, 1.165) is 0 Å². The molecule has 0 aromatic carbocycles. The Hall–Kier alpha value is -0.930. The molecule has 4 N–H and O–H groups in total. The lowest BCUT2D eigenvalue weighted by Crippen LogP contribution is -2.72. The second kappa shape index (κ2) is 9.12. The molecule has 0 amide bonds. The molecule has 2 bridgehead atoms. The number of carboxylic acid groups (broad SMARTS) is 1. The number of carbonyl (C=O) groups is 1. The summed E-state index contributed by atoms with van der Waals surface area (Å²) < 4.78 is 30.0. The Morgan fingerprint density at radius 2 is 1.74 bits per heavy atom. The lowest BCUT2D eigenvalue weighted by molar-refractivity contribution is -0.579. The van der Waals surface area contributed by atoms with E-state index >= 15 is 0 Å². The zero-order valence-electron chi connectivity index (χ0n) is 20.3. The van der Waals surface area contributed by atoms with Gasteiger partial charge in [-0.2, -0.15) is 0 Å². The molecule has 12 nitrogen and oxygen atoms in total. The van der Waals surface area contributed by atoms with Crippen LogP contribution < -0.4 is 0 Å². The molecule has 6 rings (SSSR count). The number of hydrogen-bond donors (Lipinski definition) is 4. The lowest BCUT2D eigenvalue weighted by Gasteiger charge is -2.61. The van der Waals surface area contributed by atoms with Gasteiger partial charge in [-0.25, -0.2) is 14.6 Å². The van der Waals surface area contributed by atoms with Gasteiger partial charge in [0.25, 0.3) is 0 Å². The molecule has 200 valence electrons. The largest absolute Gasteiger partial charge is 0.479 e. The van der Waals surface area contributed by atoms with Crippen LogP contribution in [-0.2, 0) is 38.3 Å². The van der Waals surface area contributed by atoms with Gasteiger partial charge in [-0.3, -0.25) is 0 Å². The van der Waals surface area contributed by atoms with Crippen LogP contribution in [0.2, 0.25) is 0 Å². The third-order valence-corrected chi connectivity index (χ3v) is 8.64. The fourth-order valence-corrected chi connectivity index (χ4v) is 6.68. The minimum absolute atomic E-state index is 0.114. The first-order chi connectivity index (χ1) is 16.5. The van der Waals surface area contributed by atoms with E-state index in [2.05, 4.69) is 0 Å². The Bertz CT molecular complexity index is 811. The van der Waals surface area contributed by atoms with Gasteiger partial charge in [0, 0.05) is 30.8 Å². The van der Waals surface area contributed by atoms with Gasteiger partial charge in [0.15, 0.2) is 30.6 Å². The summed E-state index contributed by atoms with van der Waals surface area (Å²) >= 11 is 0. The zero-order chi connectivity index (χ0) is 25.3. The summed E-state index contributed by atoms with van der Waals surface area (Å²) in [6.45, 7) is 8.16. The molecule has 0 aromatic rings. The Morgan fingerprint density at radius 1 is 1.00 bits per heavy atom. The van der Waals surface area contributed by atoms with Crippen LogP contribution >= 0.6 is 0 Å². The van der Waals surface area contributed by atoms with E-state index in [0.29, 0.717) is 25.9 Å². The third kappa shape index (κ3) is 3.94. The van der Waals surface area contributed by atoms with Crippen LogP contribution in [0.4, 0.5) is 0 Å². The van der Waals surface area contributed by atoms with Gasteiger partial charge in [-0.1, -0.05) is 13.8 Å². The number of aliphatic hydroxyl groups excluding tert-OH is 3. The molecule has 14 atom stereocenters. The summed E-state index contributed by atoms with van der Waals surface area (Å²) in [6, 6.07) is 0. The molecule has 0 aromatic heterocycles. The summed E-state index contributed by atoms with van der Waals surface area (Å²) in [4.78, 5) is 23.5. The maximum Gasteiger partial charge on any atom is 0.335 e. The fraction of sp³-hybridized carbons (Fsp3) is 0.957. The van der Waals surface area contributed by atoms with E-state index in [9.17, 15) is 25.2 Å². The quantitative estimate of drug-likeness (QED) is 0.375. The highest BCUT2D eigenvalue weighted by molar-refractivity contribution is 5.73. The van der Waals surface area contributed by atoms with E-state index in [1.807, 2.05) is 27.7 Å². The van der Waals surface area contributed by atoms with Crippen LogP contribution in [0.25, 0.3) is 0 Å². The minimum atomic E-state index is -1.78. The fourth-order valence-electron chi connectivity index (χ4n) is 6.68. The van der Waals surface area contributed by atoms with Crippen molar-refractivity contribution in [2.45, 2.75) is 108 Å². The molecule has 35 heavy (non-hydrogen) atoms. The summed E-state index contributed by atoms with van der Waals surface area (Å²) in [7, 11) is 0. The Balaban J connectivity index is 1.45. The summed E-state index contributed by atoms with van der Waals surface area (Å²) in [6.07, 6.45) is -8.31. The standard InChI is InChI=1S/C23H36O12/c1-5-29-19-10(3)12-8-13(30-20-16(26)14(24)15(25)17(31-20)18(27)28)9(2)11-6-7-22(4)33-21(32-19)23(11,12)35-34-22/h9-17,19-21,24-26H,5-8H2,1-4H3,(H,27,28)/t9-,10+,11-,12-,13+,14-,15-,16+,17-,19-,20+,21-,22+,23-/m0/s1. The molecule has 1 saturated carbocycles. The van der Waals surface area contributed by atoms with E-state index in [4.69, 9.17) is 33.5 Å². The van der Waals surface area contributed by atoms with Crippen molar-refractivity contribution in [1.82, 2.24) is 0 Å². The maximum absolute atomic E-state index is 11.5. The first kappa shape index (κ1) is 25.7. The van der Waals surface area contributed by atoms with Gasteiger partial charge in [-0.05, 0) is 32.6 Å². The monoisotopic (exact) mass is 504 g/mol.